The van der Waals surface area contributed by atoms with Crippen molar-refractivity contribution in [2.75, 3.05) is 13.2 Å². The molecule has 0 fully saturated rings. The van der Waals surface area contributed by atoms with Gasteiger partial charge >= 0.3 is 11.9 Å². The minimum atomic E-state index is -1.07. The third-order valence-electron chi connectivity index (χ3n) is 7.21. The minimum Gasteiger partial charge on any atom is -0.463 e. The van der Waals surface area contributed by atoms with Gasteiger partial charge in [-0.1, -0.05) is 121 Å². The lowest BCUT2D eigenvalue weighted by Gasteiger charge is -2.16. The van der Waals surface area contributed by atoms with E-state index >= 15 is 0 Å². The minimum absolute atomic E-state index is 0.0677. The van der Waals surface area contributed by atoms with Gasteiger partial charge in [0.05, 0.1) is 12.2 Å². The number of rotatable bonds is 29. The Hall–Kier alpha value is -2.22. The number of ether oxygens (including phenoxy) is 2. The molecule has 0 aromatic heterocycles. The first-order valence-corrected chi connectivity index (χ1v) is 17.2. The van der Waals surface area contributed by atoms with Crippen LogP contribution in [0.25, 0.3) is 0 Å². The smallest absolute Gasteiger partial charge is 0.305 e. The van der Waals surface area contributed by atoms with Crippen molar-refractivity contribution in [2.45, 2.75) is 155 Å². The molecule has 0 aliphatic carbocycles. The molecule has 0 saturated carbocycles. The Morgan fingerprint density at radius 1 is 0.568 bits per heavy atom. The SMILES string of the molecule is CC/C=C\C/C=C\C/C=C\C/C=C\C[C@H](O)[C@@H](O)CCCC(=O)OC[C@@H](O)COC(=O)CCCCCCCCCCC(C)C. The molecule has 0 radical (unpaired) electrons. The molecule has 0 spiro atoms. The molecule has 0 aromatic carbocycles. The molecular formula is C37H64O7. The van der Waals surface area contributed by atoms with Crippen LogP contribution in [0.4, 0.5) is 0 Å². The van der Waals surface area contributed by atoms with Gasteiger partial charge in [-0.2, -0.15) is 0 Å². The Morgan fingerprint density at radius 3 is 1.55 bits per heavy atom. The van der Waals surface area contributed by atoms with E-state index in [0.29, 0.717) is 19.3 Å². The van der Waals surface area contributed by atoms with Gasteiger partial charge in [-0.15, -0.1) is 0 Å². The van der Waals surface area contributed by atoms with Crippen molar-refractivity contribution in [3.63, 3.8) is 0 Å². The zero-order valence-corrected chi connectivity index (χ0v) is 28.0. The molecule has 3 atom stereocenters. The van der Waals surface area contributed by atoms with E-state index in [1.165, 1.54) is 38.5 Å². The van der Waals surface area contributed by atoms with Crippen molar-refractivity contribution in [2.24, 2.45) is 5.92 Å². The van der Waals surface area contributed by atoms with Crippen molar-refractivity contribution in [1.82, 2.24) is 0 Å². The molecule has 0 aliphatic rings. The standard InChI is InChI=1S/C37H64O7/c1-4-5-6-7-8-9-10-11-12-16-19-22-26-34(39)35(40)27-24-29-37(42)44-31-33(38)30-43-36(41)28-23-20-17-14-13-15-18-21-25-32(2)3/h5-6,8-9,11-12,19,22,32-35,38-40H,4,7,10,13-18,20-21,23-31H2,1-3H3/b6-5-,9-8-,12-11-,22-19-/t33-,34-,35-/m0/s1. The lowest BCUT2D eigenvalue weighted by molar-refractivity contribution is -0.152. The van der Waals surface area contributed by atoms with E-state index in [0.717, 1.165) is 50.9 Å². The lowest BCUT2D eigenvalue weighted by atomic mass is 10.0. The molecule has 0 aromatic rings. The van der Waals surface area contributed by atoms with Gasteiger partial charge in [0, 0.05) is 12.8 Å². The quantitative estimate of drug-likeness (QED) is 0.0440. The number of unbranched alkanes of at least 4 members (excludes halogenated alkanes) is 7. The zero-order chi connectivity index (χ0) is 32.7. The molecule has 7 nitrogen and oxygen atoms in total. The summed E-state index contributed by atoms with van der Waals surface area (Å²) in [6, 6.07) is 0. The Morgan fingerprint density at radius 2 is 1.02 bits per heavy atom. The topological polar surface area (TPSA) is 113 Å². The van der Waals surface area contributed by atoms with Crippen LogP contribution in [0.2, 0.25) is 0 Å². The number of hydrogen-bond acceptors (Lipinski definition) is 7. The molecule has 0 unspecified atom stereocenters. The predicted octanol–water partition coefficient (Wildman–Crippen LogP) is 8.08. The van der Waals surface area contributed by atoms with Crippen LogP contribution in [-0.4, -0.2) is 58.8 Å². The number of aliphatic hydroxyl groups excluding tert-OH is 3. The van der Waals surface area contributed by atoms with Crippen LogP contribution in [-0.2, 0) is 19.1 Å². The Balaban J connectivity index is 3.76. The molecule has 0 rings (SSSR count). The molecule has 44 heavy (non-hydrogen) atoms. The molecule has 3 N–H and O–H groups in total. The molecule has 254 valence electrons. The summed E-state index contributed by atoms with van der Waals surface area (Å²) in [5.74, 6) is -0.0607. The normalized spacial score (nSPS) is 14.3. The highest BCUT2D eigenvalue weighted by atomic mass is 16.6. The average molecular weight is 621 g/mol. The number of carbonyl (C=O) groups is 2. The lowest BCUT2D eigenvalue weighted by Crippen LogP contribution is -2.26. The Kier molecular flexibility index (Phi) is 29.2. The van der Waals surface area contributed by atoms with Crippen LogP contribution in [0.15, 0.2) is 48.6 Å². The monoisotopic (exact) mass is 620 g/mol. The van der Waals surface area contributed by atoms with Gasteiger partial charge in [0.15, 0.2) is 0 Å². The fraction of sp³-hybridized carbons (Fsp3) is 0.730. The van der Waals surface area contributed by atoms with E-state index in [9.17, 15) is 24.9 Å². The number of hydrogen-bond donors (Lipinski definition) is 3. The summed E-state index contributed by atoms with van der Waals surface area (Å²) in [7, 11) is 0. The van der Waals surface area contributed by atoms with Crippen LogP contribution in [0, 0.1) is 5.92 Å². The van der Waals surface area contributed by atoms with Gasteiger partial charge in [-0.05, 0) is 57.3 Å². The molecule has 0 heterocycles. The Bertz CT molecular complexity index is 800. The van der Waals surface area contributed by atoms with Gasteiger partial charge in [0.2, 0.25) is 0 Å². The molecular weight excluding hydrogens is 556 g/mol. The van der Waals surface area contributed by atoms with E-state index in [1.54, 1.807) is 0 Å². The summed E-state index contributed by atoms with van der Waals surface area (Å²) in [5, 5.41) is 30.3. The largest absolute Gasteiger partial charge is 0.463 e. The van der Waals surface area contributed by atoms with E-state index in [4.69, 9.17) is 9.47 Å². The second-order valence-corrected chi connectivity index (χ2v) is 12.0. The molecule has 0 saturated heterocycles. The van der Waals surface area contributed by atoms with Gasteiger partial charge in [-0.3, -0.25) is 9.59 Å². The fourth-order valence-corrected chi connectivity index (χ4v) is 4.47. The highest BCUT2D eigenvalue weighted by Crippen LogP contribution is 2.13. The third kappa shape index (κ3) is 29.8. The summed E-state index contributed by atoms with van der Waals surface area (Å²) in [6.07, 6.45) is 29.3. The number of esters is 2. The second kappa shape index (κ2) is 30.8. The maximum absolute atomic E-state index is 12.0. The summed E-state index contributed by atoms with van der Waals surface area (Å²) in [6.45, 7) is 6.20. The van der Waals surface area contributed by atoms with Crippen LogP contribution >= 0.6 is 0 Å². The summed E-state index contributed by atoms with van der Waals surface area (Å²) < 4.78 is 10.1. The summed E-state index contributed by atoms with van der Waals surface area (Å²) >= 11 is 0. The number of allylic oxidation sites excluding steroid dienone is 7. The molecule has 0 amide bonds. The van der Waals surface area contributed by atoms with Crippen LogP contribution < -0.4 is 0 Å². The first-order valence-electron chi connectivity index (χ1n) is 17.2. The van der Waals surface area contributed by atoms with Crippen molar-refractivity contribution in [1.29, 1.82) is 0 Å². The molecule has 7 heteroatoms. The zero-order valence-electron chi connectivity index (χ0n) is 28.0. The third-order valence-corrected chi connectivity index (χ3v) is 7.21. The van der Waals surface area contributed by atoms with Gasteiger partial charge in [0.1, 0.15) is 19.3 Å². The maximum atomic E-state index is 12.0. The summed E-state index contributed by atoms with van der Waals surface area (Å²) in [4.78, 5) is 23.8. The molecule has 0 aliphatic heterocycles. The van der Waals surface area contributed by atoms with Gasteiger partial charge in [-0.25, -0.2) is 0 Å². The van der Waals surface area contributed by atoms with E-state index in [2.05, 4.69) is 57.2 Å². The van der Waals surface area contributed by atoms with Crippen LogP contribution in [0.5, 0.6) is 0 Å². The maximum Gasteiger partial charge on any atom is 0.305 e. The van der Waals surface area contributed by atoms with E-state index in [-0.39, 0.29) is 32.0 Å². The fourth-order valence-electron chi connectivity index (χ4n) is 4.47. The number of aliphatic hydroxyl groups is 3. The van der Waals surface area contributed by atoms with Crippen LogP contribution in [0.1, 0.15) is 136 Å². The van der Waals surface area contributed by atoms with Crippen molar-refractivity contribution >= 4 is 11.9 Å². The van der Waals surface area contributed by atoms with Crippen molar-refractivity contribution in [3.8, 4) is 0 Å². The van der Waals surface area contributed by atoms with Gasteiger partial charge < -0.3 is 24.8 Å². The first-order chi connectivity index (χ1) is 21.3. The summed E-state index contributed by atoms with van der Waals surface area (Å²) in [5.41, 5.74) is 0. The Labute approximate surface area is 268 Å². The molecule has 0 bridgehead atoms. The van der Waals surface area contributed by atoms with E-state index in [1.807, 2.05) is 12.2 Å². The van der Waals surface area contributed by atoms with Gasteiger partial charge in [0.25, 0.3) is 0 Å². The highest BCUT2D eigenvalue weighted by molar-refractivity contribution is 5.69. The first kappa shape index (κ1) is 41.8. The average Bonchev–Trinajstić information content (AvgIpc) is 3.00. The van der Waals surface area contributed by atoms with Crippen molar-refractivity contribution in [3.05, 3.63) is 48.6 Å². The predicted molar refractivity (Wildman–Crippen MR) is 180 cm³/mol. The van der Waals surface area contributed by atoms with Crippen molar-refractivity contribution < 1.29 is 34.4 Å². The van der Waals surface area contributed by atoms with Crippen LogP contribution in [0.3, 0.4) is 0 Å². The highest BCUT2D eigenvalue weighted by Gasteiger charge is 2.16. The van der Waals surface area contributed by atoms with E-state index < -0.39 is 24.3 Å². The second-order valence-electron chi connectivity index (χ2n) is 12.0. The number of carbonyl (C=O) groups excluding carboxylic acids is 2.